The van der Waals surface area contributed by atoms with Gasteiger partial charge >= 0.3 is 6.61 Å². The van der Waals surface area contributed by atoms with Crippen LogP contribution in [0.1, 0.15) is 17.0 Å². The third-order valence-electron chi connectivity index (χ3n) is 2.29. The van der Waals surface area contributed by atoms with Gasteiger partial charge in [-0.25, -0.2) is 4.98 Å². The number of hydrogen-bond acceptors (Lipinski definition) is 4. The first kappa shape index (κ1) is 13.9. The van der Waals surface area contributed by atoms with Crippen molar-refractivity contribution in [3.8, 4) is 17.7 Å². The largest absolute Gasteiger partial charge is 0.417 e. The van der Waals surface area contributed by atoms with Gasteiger partial charge < -0.3 is 10.5 Å². The Hall–Kier alpha value is -2.52. The molecule has 0 atom stereocenters. The van der Waals surface area contributed by atoms with Crippen LogP contribution in [0.25, 0.3) is 0 Å². The molecule has 2 rings (SSSR count). The smallest absolute Gasteiger partial charge is 0.388 e. The minimum Gasteiger partial charge on any atom is -0.417 e. The molecule has 0 radical (unpaired) electrons. The van der Waals surface area contributed by atoms with Crippen molar-refractivity contribution in [1.29, 1.82) is 0 Å². The second kappa shape index (κ2) is 6.59. The van der Waals surface area contributed by atoms with E-state index < -0.39 is 6.61 Å². The number of alkyl halides is 2. The van der Waals surface area contributed by atoms with Crippen molar-refractivity contribution in [3.63, 3.8) is 0 Å². The summed E-state index contributed by atoms with van der Waals surface area (Å²) < 4.78 is 28.3. The quantitative estimate of drug-likeness (QED) is 0.870. The highest BCUT2D eigenvalue weighted by molar-refractivity contribution is 5.40. The average molecular weight is 275 g/mol. The van der Waals surface area contributed by atoms with E-state index in [0.29, 0.717) is 12.2 Å². The Labute approximate surface area is 114 Å². The number of hydrogen-bond donors (Lipinski definition) is 1. The molecule has 20 heavy (non-hydrogen) atoms. The van der Waals surface area contributed by atoms with E-state index in [9.17, 15) is 8.78 Å². The molecule has 0 aliphatic heterocycles. The van der Waals surface area contributed by atoms with E-state index in [4.69, 9.17) is 5.73 Å². The molecule has 0 saturated heterocycles. The van der Waals surface area contributed by atoms with Crippen LogP contribution in [-0.4, -0.2) is 16.6 Å². The van der Waals surface area contributed by atoms with Crippen molar-refractivity contribution in [2.45, 2.75) is 13.2 Å². The maximum atomic E-state index is 12.1. The molecule has 102 valence electrons. The zero-order chi connectivity index (χ0) is 14.4. The van der Waals surface area contributed by atoms with Gasteiger partial charge in [-0.05, 0) is 24.1 Å². The molecule has 0 aromatic carbocycles. The fraction of sp³-hybridized carbons (Fsp3) is 0.143. The van der Waals surface area contributed by atoms with Crippen LogP contribution in [-0.2, 0) is 6.54 Å². The highest BCUT2D eigenvalue weighted by Gasteiger charge is 2.04. The molecule has 0 amide bonds. The van der Waals surface area contributed by atoms with Crippen molar-refractivity contribution in [3.05, 3.63) is 53.5 Å². The van der Waals surface area contributed by atoms with Crippen LogP contribution >= 0.6 is 0 Å². The van der Waals surface area contributed by atoms with Crippen LogP contribution in [0.4, 0.5) is 8.78 Å². The molecule has 0 bridgehead atoms. The fourth-order valence-corrected chi connectivity index (χ4v) is 1.45. The second-order valence-electron chi connectivity index (χ2n) is 3.73. The highest BCUT2D eigenvalue weighted by Crippen LogP contribution is 2.10. The Morgan fingerprint density at radius 2 is 2.10 bits per heavy atom. The Morgan fingerprint density at radius 1 is 1.25 bits per heavy atom. The third-order valence-corrected chi connectivity index (χ3v) is 2.29. The molecule has 4 nitrogen and oxygen atoms in total. The van der Waals surface area contributed by atoms with Gasteiger partial charge in [0.2, 0.25) is 5.88 Å². The van der Waals surface area contributed by atoms with Gasteiger partial charge in [-0.15, -0.1) is 0 Å². The molecule has 6 heteroatoms. The lowest BCUT2D eigenvalue weighted by molar-refractivity contribution is -0.0528. The van der Waals surface area contributed by atoms with Crippen LogP contribution in [0.5, 0.6) is 5.88 Å². The number of ether oxygens (including phenoxy) is 1. The molecule has 2 aromatic rings. The lowest BCUT2D eigenvalue weighted by Gasteiger charge is -2.02. The summed E-state index contributed by atoms with van der Waals surface area (Å²) in [5, 5.41) is 0. The zero-order valence-electron chi connectivity index (χ0n) is 10.4. The van der Waals surface area contributed by atoms with Gasteiger partial charge in [0.1, 0.15) is 5.69 Å². The van der Waals surface area contributed by atoms with Crippen molar-refractivity contribution < 1.29 is 13.5 Å². The number of halogens is 2. The van der Waals surface area contributed by atoms with Crippen molar-refractivity contribution in [2.24, 2.45) is 5.73 Å². The van der Waals surface area contributed by atoms with Crippen molar-refractivity contribution in [2.75, 3.05) is 0 Å². The van der Waals surface area contributed by atoms with Gasteiger partial charge in [0.15, 0.2) is 0 Å². The summed E-state index contributed by atoms with van der Waals surface area (Å²) in [6, 6.07) is 7.98. The van der Waals surface area contributed by atoms with Crippen LogP contribution in [0, 0.1) is 11.8 Å². The first-order valence-corrected chi connectivity index (χ1v) is 5.76. The minimum absolute atomic E-state index is 0.163. The molecule has 0 unspecified atom stereocenters. The topological polar surface area (TPSA) is 61.0 Å². The van der Waals surface area contributed by atoms with E-state index in [-0.39, 0.29) is 5.88 Å². The van der Waals surface area contributed by atoms with Gasteiger partial charge in [-0.2, -0.15) is 8.78 Å². The molecule has 0 aliphatic carbocycles. The van der Waals surface area contributed by atoms with E-state index in [1.165, 1.54) is 6.07 Å². The van der Waals surface area contributed by atoms with Gasteiger partial charge in [0, 0.05) is 24.4 Å². The summed E-state index contributed by atoms with van der Waals surface area (Å²) in [5.74, 6) is 5.47. The Morgan fingerprint density at radius 3 is 2.85 bits per heavy atom. The number of nitrogens with zero attached hydrogens (tertiary/aromatic N) is 2. The first-order chi connectivity index (χ1) is 9.67. The summed E-state index contributed by atoms with van der Waals surface area (Å²) in [5.41, 5.74) is 7.27. The van der Waals surface area contributed by atoms with Gasteiger partial charge in [0.25, 0.3) is 0 Å². The Kier molecular flexibility index (Phi) is 4.58. The van der Waals surface area contributed by atoms with Crippen molar-refractivity contribution >= 4 is 0 Å². The first-order valence-electron chi connectivity index (χ1n) is 5.76. The van der Waals surface area contributed by atoms with Gasteiger partial charge in [0.05, 0.1) is 5.69 Å². The molecule has 2 N–H and O–H groups in total. The zero-order valence-corrected chi connectivity index (χ0v) is 10.4. The van der Waals surface area contributed by atoms with E-state index in [0.717, 1.165) is 11.3 Å². The Balaban J connectivity index is 2.19. The monoisotopic (exact) mass is 275 g/mol. The highest BCUT2D eigenvalue weighted by atomic mass is 19.3. The second-order valence-corrected chi connectivity index (χ2v) is 3.73. The molecule has 2 heterocycles. The summed E-state index contributed by atoms with van der Waals surface area (Å²) in [7, 11) is 0. The maximum Gasteiger partial charge on any atom is 0.388 e. The van der Waals surface area contributed by atoms with Crippen molar-refractivity contribution in [1.82, 2.24) is 9.97 Å². The SMILES string of the molecule is NCc1cc(C#Cc2cccc(OC(F)F)n2)ccn1. The van der Waals surface area contributed by atoms with Crippen LogP contribution < -0.4 is 10.5 Å². The van der Waals surface area contributed by atoms with Crippen LogP contribution in [0.3, 0.4) is 0 Å². The molecular weight excluding hydrogens is 264 g/mol. The maximum absolute atomic E-state index is 12.1. The molecular formula is C14H11F2N3O. The molecule has 0 aliphatic rings. The lowest BCUT2D eigenvalue weighted by Crippen LogP contribution is -2.03. The predicted molar refractivity (Wildman–Crippen MR) is 69.0 cm³/mol. The minimum atomic E-state index is -2.90. The average Bonchev–Trinajstić information content (AvgIpc) is 2.45. The van der Waals surface area contributed by atoms with E-state index in [1.54, 1.807) is 30.5 Å². The number of rotatable bonds is 3. The van der Waals surface area contributed by atoms with Gasteiger partial charge in [-0.3, -0.25) is 4.98 Å². The molecule has 0 saturated carbocycles. The van der Waals surface area contributed by atoms with E-state index in [2.05, 4.69) is 26.5 Å². The van der Waals surface area contributed by atoms with Crippen LogP contribution in [0.15, 0.2) is 36.5 Å². The molecule has 0 spiro atoms. The fourth-order valence-electron chi connectivity index (χ4n) is 1.45. The number of pyridine rings is 2. The van der Waals surface area contributed by atoms with E-state index in [1.807, 2.05) is 0 Å². The van der Waals surface area contributed by atoms with Crippen LogP contribution in [0.2, 0.25) is 0 Å². The molecule has 2 aromatic heterocycles. The third kappa shape index (κ3) is 4.00. The van der Waals surface area contributed by atoms with Gasteiger partial charge in [-0.1, -0.05) is 12.0 Å². The standard InChI is InChI=1S/C14H11F2N3O/c15-14(16)20-13-3-1-2-11(19-13)5-4-10-6-7-18-12(8-10)9-17/h1-3,6-8,14H,9,17H2. The lowest BCUT2D eigenvalue weighted by atomic mass is 10.2. The predicted octanol–water partition coefficient (Wildman–Crippen LogP) is 1.94. The number of nitrogens with two attached hydrogens (primary N) is 1. The molecule has 0 fully saturated rings. The summed E-state index contributed by atoms with van der Waals surface area (Å²) >= 11 is 0. The number of aromatic nitrogens is 2. The van der Waals surface area contributed by atoms with E-state index >= 15 is 0 Å². The summed E-state index contributed by atoms with van der Waals surface area (Å²) in [4.78, 5) is 7.90. The normalized spacial score (nSPS) is 10.0. The Bertz CT molecular complexity index is 650. The summed E-state index contributed by atoms with van der Waals surface area (Å²) in [6.07, 6.45) is 1.61. The summed E-state index contributed by atoms with van der Waals surface area (Å²) in [6.45, 7) is -2.58.